The molecule has 56 heavy (non-hydrogen) atoms. The predicted octanol–water partition coefficient (Wildman–Crippen LogP) is 11.9. The van der Waals surface area contributed by atoms with Crippen LogP contribution < -0.4 is 5.11 Å². The van der Waals surface area contributed by atoms with Gasteiger partial charge in [0.25, 0.3) is 0 Å². The zero-order valence-corrected chi connectivity index (χ0v) is 34.4. The molecule has 1 aliphatic heterocycles. The molecule has 2 aliphatic rings. The van der Waals surface area contributed by atoms with Gasteiger partial charge in [0.05, 0.1) is 11.3 Å². The molecule has 3 aromatic heterocycles. The molecule has 6 nitrogen and oxygen atoms in total. The normalized spacial score (nSPS) is 15.7. The summed E-state index contributed by atoms with van der Waals surface area (Å²) in [6.07, 6.45) is 44.7. The number of hydrogen-bond donors (Lipinski definition) is 0. The molecule has 0 amide bonds. The standard InChI is InChI=1S/C50H66N4O2/c1-3-5-7-9-11-13-15-17-19-21-39-53-43(25-23-41-31-35-51-36-32-41)27-29-45(53)47-49(55)48(50(47)56)46-30-28-44(26-24-42-33-37-52-38-34-42)54(46)40-22-20-18-16-14-12-10-8-6-4-2/h23-38H,3-22,39-40H2,1-2H3. The zero-order chi connectivity index (χ0) is 39.2. The molecule has 6 heteroatoms. The van der Waals surface area contributed by atoms with Crippen LogP contribution in [0.1, 0.15) is 165 Å². The van der Waals surface area contributed by atoms with E-state index < -0.39 is 0 Å². The van der Waals surface area contributed by atoms with Gasteiger partial charge in [-0.05, 0) is 72.5 Å². The van der Waals surface area contributed by atoms with Crippen molar-refractivity contribution in [3.05, 3.63) is 119 Å². The fraction of sp³-hybridized carbons (Fsp3) is 0.480. The van der Waals surface area contributed by atoms with Gasteiger partial charge in [0.2, 0.25) is 17.2 Å². The van der Waals surface area contributed by atoms with Crippen LogP contribution in [0.4, 0.5) is 0 Å². The molecule has 0 N–H and O–H groups in total. The first-order chi connectivity index (χ1) is 27.6. The van der Waals surface area contributed by atoms with Crippen LogP contribution in [-0.4, -0.2) is 37.2 Å². The smallest absolute Gasteiger partial charge is 0.216 e. The molecular weight excluding hydrogens is 689 g/mol. The van der Waals surface area contributed by atoms with Gasteiger partial charge in [-0.3, -0.25) is 14.8 Å². The molecular formula is C50H66N4O2. The molecule has 0 fully saturated rings. The second-order valence-electron chi connectivity index (χ2n) is 15.6. The van der Waals surface area contributed by atoms with Crippen molar-refractivity contribution in [3.63, 3.8) is 0 Å². The fourth-order valence-corrected chi connectivity index (χ4v) is 7.88. The first kappa shape index (κ1) is 42.6. The molecule has 4 heterocycles. The van der Waals surface area contributed by atoms with Crippen molar-refractivity contribution >= 4 is 35.3 Å². The summed E-state index contributed by atoms with van der Waals surface area (Å²) in [6.45, 7) is 6.07. The number of carbonyl (C=O) groups excluding carboxylic acids is 1. The highest BCUT2D eigenvalue weighted by molar-refractivity contribution is 6.39. The first-order valence-electron chi connectivity index (χ1n) is 22.0. The third-order valence-electron chi connectivity index (χ3n) is 11.2. The van der Waals surface area contributed by atoms with Gasteiger partial charge < -0.3 is 9.67 Å². The van der Waals surface area contributed by atoms with E-state index in [1.165, 1.54) is 103 Å². The van der Waals surface area contributed by atoms with Gasteiger partial charge >= 0.3 is 0 Å². The minimum absolute atomic E-state index is 0.144. The number of rotatable bonds is 27. The van der Waals surface area contributed by atoms with Crippen LogP contribution in [0.25, 0.3) is 23.8 Å². The Morgan fingerprint density at radius 3 is 1.61 bits per heavy atom. The van der Waals surface area contributed by atoms with Crippen molar-refractivity contribution in [1.29, 1.82) is 0 Å². The Labute approximate surface area is 337 Å². The van der Waals surface area contributed by atoms with Crippen molar-refractivity contribution in [2.45, 2.75) is 149 Å². The van der Waals surface area contributed by atoms with Gasteiger partial charge in [-0.2, -0.15) is 4.58 Å². The third kappa shape index (κ3) is 12.7. The highest BCUT2D eigenvalue weighted by Crippen LogP contribution is 2.39. The Bertz CT molecular complexity index is 1840. The van der Waals surface area contributed by atoms with Crippen LogP contribution in [0, 0.1) is 0 Å². The number of nitrogens with zero attached hydrogens (tertiary/aromatic N) is 4. The van der Waals surface area contributed by atoms with E-state index in [0.29, 0.717) is 11.1 Å². The average Bonchev–Trinajstić information content (AvgIpc) is 3.81. The maximum Gasteiger partial charge on any atom is 0.216 e. The van der Waals surface area contributed by atoms with Gasteiger partial charge in [-0.15, -0.1) is 0 Å². The summed E-state index contributed by atoms with van der Waals surface area (Å²) in [7, 11) is 0. The average molecular weight is 755 g/mol. The van der Waals surface area contributed by atoms with Crippen molar-refractivity contribution < 1.29 is 14.5 Å². The molecule has 0 bridgehead atoms. The van der Waals surface area contributed by atoms with Crippen molar-refractivity contribution in [2.75, 3.05) is 6.54 Å². The Kier molecular flexibility index (Phi) is 18.3. The summed E-state index contributed by atoms with van der Waals surface area (Å²) >= 11 is 0. The van der Waals surface area contributed by atoms with Crippen LogP contribution >= 0.6 is 0 Å². The summed E-state index contributed by atoms with van der Waals surface area (Å²) in [5, 5.41) is 14.2. The van der Waals surface area contributed by atoms with E-state index >= 15 is 0 Å². The summed E-state index contributed by atoms with van der Waals surface area (Å²) in [5.74, 6) is -0.289. The van der Waals surface area contributed by atoms with Gasteiger partial charge in [0.1, 0.15) is 6.54 Å². The monoisotopic (exact) mass is 755 g/mol. The molecule has 5 rings (SSSR count). The lowest BCUT2D eigenvalue weighted by molar-refractivity contribution is -0.469. The zero-order valence-electron chi connectivity index (χ0n) is 34.4. The number of ketones is 1. The van der Waals surface area contributed by atoms with Crippen molar-refractivity contribution in [2.24, 2.45) is 0 Å². The number of carbonyl (C=O) groups is 1. The first-order valence-corrected chi connectivity index (χ1v) is 22.0. The van der Waals surface area contributed by atoms with Crippen molar-refractivity contribution in [1.82, 2.24) is 14.5 Å². The Balaban J connectivity index is 1.32. The van der Waals surface area contributed by atoms with E-state index in [-0.39, 0.29) is 11.5 Å². The number of aromatic nitrogens is 3. The second kappa shape index (κ2) is 24.1. The summed E-state index contributed by atoms with van der Waals surface area (Å²) < 4.78 is 4.38. The molecule has 298 valence electrons. The van der Waals surface area contributed by atoms with Gasteiger partial charge in [0, 0.05) is 67.2 Å². The van der Waals surface area contributed by atoms with Crippen molar-refractivity contribution in [3.8, 4) is 0 Å². The molecule has 0 radical (unpaired) electrons. The summed E-state index contributed by atoms with van der Waals surface area (Å²) in [6, 6.07) is 11.9. The Morgan fingerprint density at radius 2 is 1.07 bits per heavy atom. The highest BCUT2D eigenvalue weighted by Gasteiger charge is 2.38. The maximum absolute atomic E-state index is 14.2. The molecule has 0 aromatic carbocycles. The molecule has 0 atom stereocenters. The minimum Gasteiger partial charge on any atom is -0.871 e. The van der Waals surface area contributed by atoms with Gasteiger partial charge in [0.15, 0.2) is 0 Å². The quantitative estimate of drug-likeness (QED) is 0.0441. The SMILES string of the molecule is CCCCCCCCCCCCn1c(/C=C/c2ccncc2)ccc1C1=C([O-])/C(=C2\C=CC(/C=C/c3ccncc3)=[N+]2CCCCCCCCCCCC)C1=O. The number of allylic oxidation sites excluding steroid dienone is 5. The molecule has 0 unspecified atom stereocenters. The van der Waals surface area contributed by atoms with Crippen LogP contribution in [0.5, 0.6) is 0 Å². The van der Waals surface area contributed by atoms with Crippen LogP contribution in [0.2, 0.25) is 0 Å². The van der Waals surface area contributed by atoms with E-state index in [4.69, 9.17) is 0 Å². The number of hydrogen-bond acceptors (Lipinski definition) is 4. The third-order valence-corrected chi connectivity index (χ3v) is 11.2. The van der Waals surface area contributed by atoms with E-state index in [1.54, 1.807) is 24.8 Å². The fourth-order valence-electron chi connectivity index (χ4n) is 7.88. The van der Waals surface area contributed by atoms with E-state index in [2.05, 4.69) is 57.3 Å². The number of unbranched alkanes of at least 4 members (excludes halogenated alkanes) is 18. The maximum atomic E-state index is 14.2. The lowest BCUT2D eigenvalue weighted by Gasteiger charge is -2.31. The molecule has 3 aromatic rings. The highest BCUT2D eigenvalue weighted by atomic mass is 16.3. The second-order valence-corrected chi connectivity index (χ2v) is 15.6. The van der Waals surface area contributed by atoms with Gasteiger partial charge in [-0.1, -0.05) is 135 Å². The minimum atomic E-state index is -0.144. The van der Waals surface area contributed by atoms with E-state index in [1.807, 2.05) is 48.6 Å². The molecule has 0 saturated carbocycles. The molecule has 0 saturated heterocycles. The lowest BCUT2D eigenvalue weighted by Crippen LogP contribution is -2.33. The number of Topliss-reactive ketones (excluding diaryl/α,β-unsaturated/α-hetero) is 1. The summed E-state index contributed by atoms with van der Waals surface area (Å²) in [4.78, 5) is 22.5. The van der Waals surface area contributed by atoms with Crippen LogP contribution in [0.3, 0.4) is 0 Å². The molecule has 0 spiro atoms. The van der Waals surface area contributed by atoms with Gasteiger partial charge in [-0.25, -0.2) is 0 Å². The summed E-state index contributed by atoms with van der Waals surface area (Å²) in [5.41, 5.74) is 6.23. The topological polar surface area (TPSA) is 73.8 Å². The van der Waals surface area contributed by atoms with E-state index in [0.717, 1.165) is 72.7 Å². The van der Waals surface area contributed by atoms with Crippen LogP contribution in [0.15, 0.2) is 96.4 Å². The molecule has 1 aliphatic carbocycles. The van der Waals surface area contributed by atoms with E-state index in [9.17, 15) is 9.90 Å². The Hall–Kier alpha value is -4.58. The lowest BCUT2D eigenvalue weighted by atomic mass is 9.84. The Morgan fingerprint density at radius 1 is 0.571 bits per heavy atom. The largest absolute Gasteiger partial charge is 0.871 e. The van der Waals surface area contributed by atoms with Crippen LogP contribution in [-0.2, 0) is 11.3 Å². The predicted molar refractivity (Wildman–Crippen MR) is 233 cm³/mol. The number of pyridine rings is 2.